The highest BCUT2D eigenvalue weighted by Crippen LogP contribution is 2.25. The molecule has 21 heavy (non-hydrogen) atoms. The summed E-state index contributed by atoms with van der Waals surface area (Å²) in [5.41, 5.74) is 0.0962. The Hall–Kier alpha value is -2.21. The molecule has 1 atom stereocenters. The number of carboxylic acids is 1. The first-order chi connectivity index (χ1) is 9.88. The van der Waals surface area contributed by atoms with Crippen molar-refractivity contribution >= 4 is 23.3 Å². The number of carboxylic acid groups (broad SMARTS) is 1. The van der Waals surface area contributed by atoms with E-state index in [0.717, 1.165) is 0 Å². The average Bonchev–Trinajstić information content (AvgIpc) is 2.41. The van der Waals surface area contributed by atoms with Crippen LogP contribution in [0, 0.1) is 17.5 Å². The summed E-state index contributed by atoms with van der Waals surface area (Å²) in [5.74, 6) is -5.93. The summed E-state index contributed by atoms with van der Waals surface area (Å²) in [6.07, 6.45) is 0. The van der Waals surface area contributed by atoms with Crippen LogP contribution in [-0.2, 0) is 4.79 Å². The lowest BCUT2D eigenvalue weighted by Crippen LogP contribution is -2.21. The summed E-state index contributed by atoms with van der Waals surface area (Å²) in [5, 5.41) is 12.1. The van der Waals surface area contributed by atoms with E-state index in [0.29, 0.717) is 22.8 Å². The normalized spacial score (nSPS) is 12.0. The van der Waals surface area contributed by atoms with Gasteiger partial charge in [-0.25, -0.2) is 18.0 Å². The second-order valence-electron chi connectivity index (χ2n) is 4.22. The molecule has 0 spiro atoms. The second kappa shape index (κ2) is 6.05. The number of benzene rings is 2. The molecule has 3 nitrogen and oxygen atoms in total. The van der Waals surface area contributed by atoms with Crippen molar-refractivity contribution in [2.75, 3.05) is 5.32 Å². The van der Waals surface area contributed by atoms with Gasteiger partial charge in [0.25, 0.3) is 0 Å². The molecule has 0 amide bonds. The summed E-state index contributed by atoms with van der Waals surface area (Å²) in [7, 11) is 0. The Morgan fingerprint density at radius 3 is 2.29 bits per heavy atom. The Morgan fingerprint density at radius 1 is 1.14 bits per heavy atom. The fourth-order valence-electron chi connectivity index (χ4n) is 1.77. The van der Waals surface area contributed by atoms with E-state index in [1.807, 2.05) is 0 Å². The molecule has 0 radical (unpaired) electrons. The van der Waals surface area contributed by atoms with Gasteiger partial charge in [-0.3, -0.25) is 0 Å². The molecule has 0 aliphatic rings. The van der Waals surface area contributed by atoms with E-state index in [9.17, 15) is 23.1 Å². The SMILES string of the molecule is O=C(O)C(Nc1cccc(Cl)c1)c1cc(F)c(F)c(F)c1. The van der Waals surface area contributed by atoms with E-state index in [1.54, 1.807) is 12.1 Å². The molecule has 2 N–H and O–H groups in total. The molecular formula is C14H9ClF3NO2. The summed E-state index contributed by atoms with van der Waals surface area (Å²) >= 11 is 5.77. The molecule has 2 rings (SSSR count). The Balaban J connectivity index is 2.38. The van der Waals surface area contributed by atoms with Gasteiger partial charge in [0.15, 0.2) is 23.5 Å². The lowest BCUT2D eigenvalue weighted by molar-refractivity contribution is -0.138. The van der Waals surface area contributed by atoms with Gasteiger partial charge in [0, 0.05) is 10.7 Å². The zero-order chi connectivity index (χ0) is 15.6. The number of nitrogens with one attached hydrogen (secondary N) is 1. The van der Waals surface area contributed by atoms with Crippen molar-refractivity contribution in [2.24, 2.45) is 0 Å². The fraction of sp³-hybridized carbons (Fsp3) is 0.0714. The van der Waals surface area contributed by atoms with Crippen molar-refractivity contribution in [1.29, 1.82) is 0 Å². The van der Waals surface area contributed by atoms with Crippen LogP contribution in [0.15, 0.2) is 36.4 Å². The van der Waals surface area contributed by atoms with Crippen LogP contribution in [0.2, 0.25) is 5.02 Å². The Morgan fingerprint density at radius 2 is 1.76 bits per heavy atom. The second-order valence-corrected chi connectivity index (χ2v) is 4.66. The molecule has 7 heteroatoms. The van der Waals surface area contributed by atoms with Crippen LogP contribution in [0.1, 0.15) is 11.6 Å². The Labute approximate surface area is 123 Å². The first-order valence-corrected chi connectivity index (χ1v) is 6.15. The van der Waals surface area contributed by atoms with Crippen molar-refractivity contribution in [2.45, 2.75) is 6.04 Å². The maximum atomic E-state index is 13.2. The van der Waals surface area contributed by atoms with Crippen molar-refractivity contribution in [1.82, 2.24) is 0 Å². The third-order valence-electron chi connectivity index (χ3n) is 2.72. The van der Waals surface area contributed by atoms with Gasteiger partial charge >= 0.3 is 5.97 Å². The topological polar surface area (TPSA) is 49.3 Å². The fourth-order valence-corrected chi connectivity index (χ4v) is 1.96. The number of hydrogen-bond donors (Lipinski definition) is 2. The van der Waals surface area contributed by atoms with Crippen LogP contribution in [0.4, 0.5) is 18.9 Å². The number of rotatable bonds is 4. The van der Waals surface area contributed by atoms with Crippen LogP contribution in [0.5, 0.6) is 0 Å². The average molecular weight is 316 g/mol. The van der Waals surface area contributed by atoms with Gasteiger partial charge in [-0.15, -0.1) is 0 Å². The van der Waals surface area contributed by atoms with Gasteiger partial charge in [-0.1, -0.05) is 17.7 Å². The number of carbonyl (C=O) groups is 1. The molecule has 0 saturated carbocycles. The zero-order valence-corrected chi connectivity index (χ0v) is 11.2. The highest BCUT2D eigenvalue weighted by Gasteiger charge is 2.23. The Kier molecular flexibility index (Phi) is 4.37. The smallest absolute Gasteiger partial charge is 0.330 e. The van der Waals surface area contributed by atoms with Crippen LogP contribution >= 0.6 is 11.6 Å². The number of aliphatic carboxylic acids is 1. The third-order valence-corrected chi connectivity index (χ3v) is 2.96. The van der Waals surface area contributed by atoms with Crippen LogP contribution in [0.3, 0.4) is 0 Å². The summed E-state index contributed by atoms with van der Waals surface area (Å²) in [4.78, 5) is 11.3. The van der Waals surface area contributed by atoms with Crippen molar-refractivity contribution in [3.05, 3.63) is 64.4 Å². The summed E-state index contributed by atoms with van der Waals surface area (Å²) < 4.78 is 39.3. The van der Waals surface area contributed by atoms with Gasteiger partial charge in [0.1, 0.15) is 0 Å². The van der Waals surface area contributed by atoms with Crippen LogP contribution < -0.4 is 5.32 Å². The molecule has 0 heterocycles. The minimum Gasteiger partial charge on any atom is -0.479 e. The lowest BCUT2D eigenvalue weighted by Gasteiger charge is -2.16. The highest BCUT2D eigenvalue weighted by molar-refractivity contribution is 6.30. The van der Waals surface area contributed by atoms with Crippen LogP contribution in [-0.4, -0.2) is 11.1 Å². The molecule has 1 unspecified atom stereocenters. The largest absolute Gasteiger partial charge is 0.479 e. The number of halogens is 4. The molecule has 0 fully saturated rings. The van der Waals surface area contributed by atoms with Crippen molar-refractivity contribution < 1.29 is 23.1 Å². The first kappa shape index (κ1) is 15.2. The van der Waals surface area contributed by atoms with E-state index in [2.05, 4.69) is 5.32 Å². The van der Waals surface area contributed by atoms with E-state index < -0.39 is 29.5 Å². The molecule has 0 bridgehead atoms. The maximum absolute atomic E-state index is 13.2. The quantitative estimate of drug-likeness (QED) is 0.839. The zero-order valence-electron chi connectivity index (χ0n) is 10.4. The van der Waals surface area contributed by atoms with Gasteiger partial charge in [0.2, 0.25) is 0 Å². The van der Waals surface area contributed by atoms with E-state index in [-0.39, 0.29) is 5.56 Å². The molecular weight excluding hydrogens is 307 g/mol. The van der Waals surface area contributed by atoms with E-state index in [4.69, 9.17) is 11.6 Å². The number of anilines is 1. The molecule has 2 aromatic carbocycles. The minimum absolute atomic E-state index is 0.251. The monoisotopic (exact) mass is 315 g/mol. The predicted molar refractivity (Wildman–Crippen MR) is 71.8 cm³/mol. The molecule has 0 aromatic heterocycles. The molecule has 0 saturated heterocycles. The Bertz CT molecular complexity index is 671. The van der Waals surface area contributed by atoms with E-state index >= 15 is 0 Å². The number of hydrogen-bond acceptors (Lipinski definition) is 2. The van der Waals surface area contributed by atoms with Gasteiger partial charge in [-0.05, 0) is 35.9 Å². The van der Waals surface area contributed by atoms with Crippen molar-refractivity contribution in [3.8, 4) is 0 Å². The summed E-state index contributed by atoms with van der Waals surface area (Å²) in [6.45, 7) is 0. The third kappa shape index (κ3) is 3.46. The molecule has 2 aromatic rings. The van der Waals surface area contributed by atoms with Gasteiger partial charge in [0.05, 0.1) is 0 Å². The van der Waals surface area contributed by atoms with Gasteiger partial charge in [-0.2, -0.15) is 0 Å². The van der Waals surface area contributed by atoms with Crippen molar-refractivity contribution in [3.63, 3.8) is 0 Å². The lowest BCUT2D eigenvalue weighted by atomic mass is 10.1. The van der Waals surface area contributed by atoms with Crippen LogP contribution in [0.25, 0.3) is 0 Å². The molecule has 0 aliphatic heterocycles. The van der Waals surface area contributed by atoms with Gasteiger partial charge < -0.3 is 10.4 Å². The van der Waals surface area contributed by atoms with E-state index in [1.165, 1.54) is 12.1 Å². The first-order valence-electron chi connectivity index (χ1n) is 5.78. The predicted octanol–water partition coefficient (Wildman–Crippen LogP) is 4.00. The highest BCUT2D eigenvalue weighted by atomic mass is 35.5. The summed E-state index contributed by atoms with van der Waals surface area (Å²) in [6, 6.07) is 5.97. The molecule has 0 aliphatic carbocycles. The minimum atomic E-state index is -1.65. The standard InChI is InChI=1S/C14H9ClF3NO2/c15-8-2-1-3-9(6-8)19-13(14(20)21)7-4-10(16)12(18)11(17)5-7/h1-6,13,19H,(H,20,21). The maximum Gasteiger partial charge on any atom is 0.330 e. The molecule has 110 valence electrons.